The van der Waals surface area contributed by atoms with Crippen molar-refractivity contribution in [3.8, 4) is 11.4 Å². The van der Waals surface area contributed by atoms with Gasteiger partial charge in [0, 0.05) is 30.4 Å². The largest absolute Gasteiger partial charge is 0.377 e. The number of nitrogens with two attached hydrogens (primary N) is 2. The van der Waals surface area contributed by atoms with Crippen molar-refractivity contribution >= 4 is 50.6 Å². The van der Waals surface area contributed by atoms with Crippen LogP contribution in [0, 0.1) is 6.92 Å². The van der Waals surface area contributed by atoms with E-state index in [1.807, 2.05) is 18.2 Å². The molecule has 0 radical (unpaired) electrons. The van der Waals surface area contributed by atoms with E-state index >= 15 is 0 Å². The van der Waals surface area contributed by atoms with Crippen molar-refractivity contribution in [3.63, 3.8) is 0 Å². The fraction of sp³-hybridized carbons (Fsp3) is 0.293. The second-order valence-corrected chi connectivity index (χ2v) is 13.1. The van der Waals surface area contributed by atoms with Crippen LogP contribution in [-0.2, 0) is 16.1 Å². The summed E-state index contributed by atoms with van der Waals surface area (Å²) in [4.78, 5) is 28.9. The molecular formula is C41H46N6O2. The summed E-state index contributed by atoms with van der Waals surface area (Å²) in [5.74, 6) is 0.650. The molecule has 2 heterocycles. The molecule has 49 heavy (non-hydrogen) atoms. The van der Waals surface area contributed by atoms with Crippen LogP contribution in [0.2, 0.25) is 0 Å². The lowest BCUT2D eigenvalue weighted by atomic mass is 9.96. The maximum Gasteiger partial charge on any atom is 0.219 e. The van der Waals surface area contributed by atoms with Gasteiger partial charge in [-0.15, -0.1) is 0 Å². The number of anilines is 1. The van der Waals surface area contributed by atoms with Gasteiger partial charge in [0.1, 0.15) is 5.82 Å². The number of fused-ring (bicyclic) bond motifs is 3. The Hall–Kier alpha value is -5.21. The van der Waals surface area contributed by atoms with E-state index < -0.39 is 0 Å². The Kier molecular flexibility index (Phi) is 10.5. The zero-order chi connectivity index (χ0) is 34.3. The predicted molar refractivity (Wildman–Crippen MR) is 201 cm³/mol. The van der Waals surface area contributed by atoms with E-state index in [1.54, 1.807) is 0 Å². The number of amides is 2. The first kappa shape index (κ1) is 33.7. The number of carbonyl (C=O) groups is 2. The fourth-order valence-corrected chi connectivity index (χ4v) is 7.33. The standard InChI is InChI=1S/C40H43N5O.CH3NO/c1-27-12-3-8-18-34(27)42-35(26-38(41)46)31-19-20-37-36(25-31)43-40(45(37)23-11-22-44-21-10-9-13-28(44)2)39-32-16-6-4-14-29(32)24-30-15-5-7-17-33(30)39;2-1-3/h3-8,12,14-20,24-25,28,35,42H,9-11,13,21-23,26H2,1-2H3,(H2,41,46);1H,(H2,2,3). The van der Waals surface area contributed by atoms with E-state index in [4.69, 9.17) is 15.5 Å². The number of rotatable bonds is 10. The first-order chi connectivity index (χ1) is 23.9. The molecule has 6 aromatic rings. The highest BCUT2D eigenvalue weighted by Gasteiger charge is 2.22. The number of aromatic nitrogens is 2. The zero-order valence-electron chi connectivity index (χ0n) is 28.4. The van der Waals surface area contributed by atoms with Gasteiger partial charge in [0.05, 0.1) is 23.5 Å². The van der Waals surface area contributed by atoms with Gasteiger partial charge >= 0.3 is 0 Å². The number of hydrogen-bond acceptors (Lipinski definition) is 5. The van der Waals surface area contributed by atoms with Crippen molar-refractivity contribution in [1.82, 2.24) is 14.5 Å². The second kappa shape index (κ2) is 15.3. The van der Waals surface area contributed by atoms with Gasteiger partial charge in [0.2, 0.25) is 12.3 Å². The Morgan fingerprint density at radius 3 is 2.29 bits per heavy atom. The summed E-state index contributed by atoms with van der Waals surface area (Å²) in [5, 5.41) is 8.42. The Bertz CT molecular complexity index is 2030. The van der Waals surface area contributed by atoms with Gasteiger partial charge in [-0.1, -0.05) is 79.2 Å². The van der Waals surface area contributed by atoms with E-state index in [-0.39, 0.29) is 24.8 Å². The summed E-state index contributed by atoms with van der Waals surface area (Å²) in [6, 6.07) is 34.5. The molecule has 0 aliphatic carbocycles. The van der Waals surface area contributed by atoms with Crippen LogP contribution in [0.1, 0.15) is 56.2 Å². The number of para-hydroxylation sites is 1. The van der Waals surface area contributed by atoms with E-state index in [0.717, 1.165) is 53.2 Å². The third-order valence-electron chi connectivity index (χ3n) is 9.82. The molecule has 1 fully saturated rings. The lowest BCUT2D eigenvalue weighted by Gasteiger charge is -2.33. The average Bonchev–Trinajstić information content (AvgIpc) is 3.46. The number of piperidine rings is 1. The average molecular weight is 655 g/mol. The lowest BCUT2D eigenvalue weighted by Crippen LogP contribution is -2.38. The molecule has 0 spiro atoms. The monoisotopic (exact) mass is 654 g/mol. The molecule has 1 aromatic heterocycles. The molecule has 2 unspecified atom stereocenters. The molecule has 1 aliphatic heterocycles. The quantitative estimate of drug-likeness (QED) is 0.103. The highest BCUT2D eigenvalue weighted by atomic mass is 16.1. The van der Waals surface area contributed by atoms with Crippen molar-refractivity contribution in [1.29, 1.82) is 0 Å². The summed E-state index contributed by atoms with van der Waals surface area (Å²) in [7, 11) is 0. The van der Waals surface area contributed by atoms with Crippen LogP contribution < -0.4 is 16.8 Å². The number of benzene rings is 5. The third-order valence-corrected chi connectivity index (χ3v) is 9.82. The van der Waals surface area contributed by atoms with Crippen LogP contribution >= 0.6 is 0 Å². The van der Waals surface area contributed by atoms with Crippen molar-refractivity contribution < 1.29 is 9.59 Å². The Balaban J connectivity index is 0.00000134. The molecule has 2 amide bonds. The third kappa shape index (κ3) is 7.44. The van der Waals surface area contributed by atoms with Gasteiger partial charge in [-0.3, -0.25) is 9.59 Å². The van der Waals surface area contributed by atoms with Crippen molar-refractivity contribution in [2.45, 2.75) is 64.6 Å². The molecule has 2 atom stereocenters. The molecule has 8 heteroatoms. The van der Waals surface area contributed by atoms with Gasteiger partial charge in [0.15, 0.2) is 0 Å². The van der Waals surface area contributed by atoms with Gasteiger partial charge in [-0.25, -0.2) is 4.98 Å². The minimum atomic E-state index is -0.341. The highest BCUT2D eigenvalue weighted by molar-refractivity contribution is 6.12. The van der Waals surface area contributed by atoms with Crippen LogP contribution in [0.5, 0.6) is 0 Å². The highest BCUT2D eigenvalue weighted by Crippen LogP contribution is 2.38. The van der Waals surface area contributed by atoms with Crippen LogP contribution in [0.4, 0.5) is 5.69 Å². The molecule has 0 saturated carbocycles. The smallest absolute Gasteiger partial charge is 0.219 e. The Morgan fingerprint density at radius 2 is 1.61 bits per heavy atom. The fourth-order valence-electron chi connectivity index (χ4n) is 7.33. The van der Waals surface area contributed by atoms with Crippen molar-refractivity contribution in [2.75, 3.05) is 18.4 Å². The van der Waals surface area contributed by atoms with Crippen LogP contribution in [0.15, 0.2) is 97.1 Å². The second-order valence-electron chi connectivity index (χ2n) is 13.1. The van der Waals surface area contributed by atoms with E-state index in [0.29, 0.717) is 6.04 Å². The summed E-state index contributed by atoms with van der Waals surface area (Å²) in [6.45, 7) is 7.58. The summed E-state index contributed by atoms with van der Waals surface area (Å²) in [6.07, 6.45) is 5.39. The number of imidazole rings is 1. The number of nitrogens with zero attached hydrogens (tertiary/aromatic N) is 3. The first-order valence-electron chi connectivity index (χ1n) is 17.3. The van der Waals surface area contributed by atoms with Crippen LogP contribution in [0.25, 0.3) is 44.0 Å². The molecule has 7 rings (SSSR count). The summed E-state index contributed by atoms with van der Waals surface area (Å²) >= 11 is 0. The summed E-state index contributed by atoms with van der Waals surface area (Å²) in [5.41, 5.74) is 16.3. The predicted octanol–water partition coefficient (Wildman–Crippen LogP) is 7.71. The zero-order valence-corrected chi connectivity index (χ0v) is 28.4. The van der Waals surface area contributed by atoms with Crippen molar-refractivity contribution in [3.05, 3.63) is 108 Å². The van der Waals surface area contributed by atoms with Crippen LogP contribution in [-0.4, -0.2) is 45.9 Å². The van der Waals surface area contributed by atoms with Gasteiger partial charge in [0.25, 0.3) is 0 Å². The minimum Gasteiger partial charge on any atom is -0.377 e. The SMILES string of the molecule is Cc1ccccc1NC(CC(N)=O)c1ccc2c(c1)nc(-c1c3ccccc3cc3ccccc13)n2CCCN1CCCCC1C.NC=O. The Morgan fingerprint density at radius 1 is 0.939 bits per heavy atom. The van der Waals surface area contributed by atoms with Crippen LogP contribution in [0.3, 0.4) is 0 Å². The number of carbonyl (C=O) groups excluding carboxylic acids is 2. The van der Waals surface area contributed by atoms with E-state index in [9.17, 15) is 4.79 Å². The molecule has 5 N–H and O–H groups in total. The van der Waals surface area contributed by atoms with Crippen molar-refractivity contribution in [2.24, 2.45) is 11.5 Å². The molecule has 5 aromatic carbocycles. The number of aryl methyl sites for hydroxylation is 2. The normalized spacial score (nSPS) is 15.5. The van der Waals surface area contributed by atoms with Gasteiger partial charge < -0.3 is 26.3 Å². The number of nitrogens with one attached hydrogen (secondary N) is 1. The van der Waals surface area contributed by atoms with Gasteiger partial charge in [-0.05, 0) is 96.6 Å². The summed E-state index contributed by atoms with van der Waals surface area (Å²) < 4.78 is 2.43. The van der Waals surface area contributed by atoms with E-state index in [2.05, 4.69) is 113 Å². The van der Waals surface area contributed by atoms with Gasteiger partial charge in [-0.2, -0.15) is 0 Å². The number of hydrogen-bond donors (Lipinski definition) is 3. The topological polar surface area (TPSA) is 119 Å². The number of likely N-dealkylation sites (tertiary alicyclic amines) is 1. The molecule has 1 aliphatic rings. The first-order valence-corrected chi connectivity index (χ1v) is 17.3. The minimum absolute atomic E-state index is 0.190. The van der Waals surface area contributed by atoms with E-state index in [1.165, 1.54) is 52.9 Å². The molecule has 8 nitrogen and oxygen atoms in total. The molecular weight excluding hydrogens is 608 g/mol. The lowest BCUT2D eigenvalue weighted by molar-refractivity contribution is -0.118. The number of primary amides is 2. The molecule has 1 saturated heterocycles. The molecule has 0 bridgehead atoms. The molecule has 252 valence electrons. The Labute approximate surface area is 288 Å². The maximum atomic E-state index is 12.2. The maximum absolute atomic E-state index is 12.2.